The van der Waals surface area contributed by atoms with Gasteiger partial charge in [0.15, 0.2) is 0 Å². The molecule has 4 N–H and O–H groups in total. The lowest BCUT2D eigenvalue weighted by atomic mass is 10.0. The van der Waals surface area contributed by atoms with Crippen LogP contribution in [0.1, 0.15) is 94.1 Å². The molecule has 2 saturated heterocycles. The van der Waals surface area contributed by atoms with E-state index in [0.29, 0.717) is 104 Å². The van der Waals surface area contributed by atoms with E-state index in [-0.39, 0.29) is 47.1 Å². The van der Waals surface area contributed by atoms with E-state index in [1.54, 1.807) is 48.5 Å². The number of amides is 4. The number of halogens is 2. The van der Waals surface area contributed by atoms with Crippen LogP contribution in [0.15, 0.2) is 146 Å². The van der Waals surface area contributed by atoms with Gasteiger partial charge < -0.3 is 39.0 Å². The van der Waals surface area contributed by atoms with E-state index in [4.69, 9.17) is 43.2 Å². The summed E-state index contributed by atoms with van der Waals surface area (Å²) >= 11 is 12.3. The summed E-state index contributed by atoms with van der Waals surface area (Å²) in [5, 5.41) is 3.66. The Balaban J connectivity index is 0.000000187. The Kier molecular flexibility index (Phi) is 22.7. The van der Waals surface area contributed by atoms with Crippen LogP contribution in [0.25, 0.3) is 21.8 Å². The molecule has 90 heavy (non-hydrogen) atoms. The highest BCUT2D eigenvalue weighted by Gasteiger charge is 2.37. The van der Waals surface area contributed by atoms with Crippen LogP contribution in [0.3, 0.4) is 0 Å². The number of likely N-dealkylation sites (N-methyl/N-ethyl adjacent to an activating group) is 2. The molecule has 474 valence electrons. The summed E-state index contributed by atoms with van der Waals surface area (Å²) in [7, 11) is 3.01. The maximum absolute atomic E-state index is 13.9. The lowest BCUT2D eigenvalue weighted by molar-refractivity contribution is -0.124. The number of nitrogens with one attached hydrogen (secondary N) is 2. The fraction of sp³-hybridized carbons (Fsp3) is 0.324. The van der Waals surface area contributed by atoms with Crippen LogP contribution in [0.2, 0.25) is 10.0 Å². The largest absolute Gasteiger partial charge is 0.493 e. The molecule has 22 heteroatoms. The Bertz CT molecular complexity index is 3690. The second-order valence-electron chi connectivity index (χ2n) is 22.9. The number of fused-ring (bicyclic) bond motifs is 2. The zero-order chi connectivity index (χ0) is 65.1. The zero-order valence-electron chi connectivity index (χ0n) is 52.4. The number of H-pyrrole nitrogens is 2. The number of Topliss-reactive ketones (excluding diaryl/α,β-unsaturated/α-hetero) is 2. The first-order chi connectivity index (χ1) is 43.0. The second kappa shape index (κ2) is 30.1. The first kappa shape index (κ1) is 67.8. The van der Waals surface area contributed by atoms with Crippen LogP contribution in [-0.4, -0.2) is 166 Å². The molecule has 0 spiro atoms. The third-order valence-corrected chi connectivity index (χ3v) is 18.7. The summed E-state index contributed by atoms with van der Waals surface area (Å²) in [5.74, 6) is 3.27. The topological polar surface area (TPSA) is 224 Å². The molecule has 4 heterocycles. The number of rotatable bonds is 17. The van der Waals surface area contributed by atoms with Gasteiger partial charge in [-0.1, -0.05) is 83.9 Å². The number of ether oxygens (including phenoxy) is 2. The van der Waals surface area contributed by atoms with E-state index in [1.807, 2.05) is 110 Å². The van der Waals surface area contributed by atoms with E-state index in [9.17, 15) is 33.3 Å². The molecule has 0 unspecified atom stereocenters. The molecule has 2 fully saturated rings. The highest BCUT2D eigenvalue weighted by molar-refractivity contribution is 7.74. The maximum atomic E-state index is 13.9. The fourth-order valence-electron chi connectivity index (χ4n) is 11.2. The number of piperazine rings is 2. The molecule has 4 amide bonds. The number of ketones is 2. The van der Waals surface area contributed by atoms with Gasteiger partial charge in [0.1, 0.15) is 11.5 Å². The van der Waals surface area contributed by atoms with Crippen molar-refractivity contribution in [2.45, 2.75) is 78.8 Å². The average molecular weight is 1280 g/mol. The monoisotopic (exact) mass is 1280 g/mol. The molecule has 0 aliphatic carbocycles. The zero-order valence-corrected chi connectivity index (χ0v) is 54.8. The number of hydrogen-bond acceptors (Lipinski definition) is 13. The molecular weight excluding hydrogens is 1200 g/mol. The molecule has 4 atom stereocenters. The molecule has 2 aromatic heterocycles. The number of benzene rings is 6. The molecule has 0 radical (unpaired) electrons. The molecule has 0 saturated carbocycles. The van der Waals surface area contributed by atoms with Crippen molar-refractivity contribution in [3.63, 3.8) is 0 Å². The van der Waals surface area contributed by atoms with E-state index >= 15 is 0 Å². The Morgan fingerprint density at radius 1 is 0.522 bits per heavy atom. The van der Waals surface area contributed by atoms with Crippen molar-refractivity contribution in [2.75, 3.05) is 67.6 Å². The van der Waals surface area contributed by atoms with Crippen LogP contribution >= 0.6 is 30.6 Å². The van der Waals surface area contributed by atoms with E-state index in [2.05, 4.69) is 45.7 Å². The molecule has 10 rings (SSSR count). The van der Waals surface area contributed by atoms with Crippen LogP contribution in [-0.2, 0) is 31.9 Å². The smallest absolute Gasteiger partial charge is 0.294 e. The minimum Gasteiger partial charge on any atom is -0.493 e. The number of nitrogens with two attached hydrogens (primary N) is 1. The Hall–Kier alpha value is -8.13. The predicted octanol–water partition coefficient (Wildman–Crippen LogP) is 10.3. The Labute approximate surface area is 535 Å². The molecule has 8 aromatic rings. The van der Waals surface area contributed by atoms with Gasteiger partial charge in [0.25, 0.3) is 42.6 Å². The molecule has 0 bridgehead atoms. The van der Waals surface area contributed by atoms with Crippen LogP contribution < -0.4 is 26.0 Å². The quantitative estimate of drug-likeness (QED) is 0.0334. The molecule has 2 aliphatic rings. The van der Waals surface area contributed by atoms with Crippen molar-refractivity contribution < 1.29 is 47.4 Å². The number of nitrogens with zero attached hydrogens (tertiary/aromatic N) is 6. The average Bonchev–Trinajstić information content (AvgIpc) is 1.54. The van der Waals surface area contributed by atoms with E-state index in [0.717, 1.165) is 24.2 Å². The minimum absolute atomic E-state index is 0.0456. The van der Waals surface area contributed by atoms with Crippen molar-refractivity contribution in [1.29, 1.82) is 0 Å². The highest BCUT2D eigenvalue weighted by atomic mass is 35.5. The standard InChI is InChI=1S/2C28H33ClN4O4.C12H12NO2P/c2*1-6-37-25-12-24-21(23(13-30-24)26(34)28(36)31(4)5)11-22(25)27(35)33-15-17(2)32(14-18(33)3)16-19-8-7-9-20(29)10-19;13-15-16(14,11-7-3-1-4-8-11)12-9-5-2-6-10-12/h2*7-13,17-18,30H,6,14-16H2,1-5H3;1-10H,13H2/t2*17-,18+;/m00./s1. The molecule has 6 aromatic carbocycles. The van der Waals surface area contributed by atoms with E-state index in [1.165, 1.54) is 50.4 Å². The molecular formula is C68H78Cl2N9O10P. The van der Waals surface area contributed by atoms with Gasteiger partial charge in [0.05, 0.1) is 35.5 Å². The molecule has 19 nitrogen and oxygen atoms in total. The third kappa shape index (κ3) is 15.5. The third-order valence-electron chi connectivity index (χ3n) is 16.0. The summed E-state index contributed by atoms with van der Waals surface area (Å²) in [4.78, 5) is 95.1. The summed E-state index contributed by atoms with van der Waals surface area (Å²) < 4.78 is 29.1. The number of aromatic amines is 2. The SMILES string of the molecule is CCOc1cc2[nH]cc(C(=O)C(=O)N(C)C)c2cc1C(=O)N1C[C@H](C)N(Cc2cccc(Cl)c2)C[C@H]1C.CCOc1cc2[nH]cc(C(=O)C(=O)N(C)C)c2cc1C(=O)N1C[C@H](C)N(Cc2cccc(Cl)c2)C[C@H]1C.NOP(=O)(c1ccccc1)c1ccccc1. The summed E-state index contributed by atoms with van der Waals surface area (Å²) in [6, 6.07) is 40.6. The Morgan fingerprint density at radius 3 is 1.23 bits per heavy atom. The van der Waals surface area contributed by atoms with Gasteiger partial charge in [-0.3, -0.25) is 43.1 Å². The molecule has 2 aliphatic heterocycles. The van der Waals surface area contributed by atoms with Crippen molar-refractivity contribution in [1.82, 2.24) is 39.4 Å². The summed E-state index contributed by atoms with van der Waals surface area (Å²) in [5.41, 5.74) is 4.74. The van der Waals surface area contributed by atoms with Gasteiger partial charge in [-0.05, 0) is 113 Å². The Morgan fingerprint density at radius 2 is 0.900 bits per heavy atom. The van der Waals surface area contributed by atoms with Crippen LogP contribution in [0.4, 0.5) is 0 Å². The fourth-order valence-corrected chi connectivity index (χ4v) is 13.3. The summed E-state index contributed by atoms with van der Waals surface area (Å²) in [6.07, 6.45) is 3.02. The summed E-state index contributed by atoms with van der Waals surface area (Å²) in [6.45, 7) is 16.8. The highest BCUT2D eigenvalue weighted by Crippen LogP contribution is 2.42. The second-order valence-corrected chi connectivity index (χ2v) is 26.1. The van der Waals surface area contributed by atoms with Crippen molar-refractivity contribution in [3.05, 3.63) is 189 Å². The number of carbonyl (C=O) groups excluding carboxylic acids is 6. The predicted molar refractivity (Wildman–Crippen MR) is 354 cm³/mol. The lowest BCUT2D eigenvalue weighted by Crippen LogP contribution is -2.57. The minimum atomic E-state index is -3.13. The number of hydrogen-bond donors (Lipinski definition) is 3. The van der Waals surface area contributed by atoms with Gasteiger partial charge in [-0.15, -0.1) is 0 Å². The normalized spacial score (nSPS) is 16.9. The van der Waals surface area contributed by atoms with Crippen LogP contribution in [0, 0.1) is 0 Å². The van der Waals surface area contributed by atoms with Crippen molar-refractivity contribution >= 4 is 98.2 Å². The van der Waals surface area contributed by atoms with Gasteiger partial charge in [-0.2, -0.15) is 0 Å². The lowest BCUT2D eigenvalue weighted by Gasteiger charge is -2.44. The van der Waals surface area contributed by atoms with Crippen molar-refractivity contribution in [2.24, 2.45) is 5.90 Å². The van der Waals surface area contributed by atoms with Gasteiger partial charge >= 0.3 is 0 Å². The first-order valence-corrected chi connectivity index (χ1v) is 32.1. The maximum Gasteiger partial charge on any atom is 0.294 e. The first-order valence-electron chi connectivity index (χ1n) is 29.7. The van der Waals surface area contributed by atoms with E-state index < -0.39 is 30.7 Å². The van der Waals surface area contributed by atoms with Crippen molar-refractivity contribution in [3.8, 4) is 11.5 Å². The number of aromatic nitrogens is 2. The van der Waals surface area contributed by atoms with Gasteiger partial charge in [0, 0.05) is 159 Å². The van der Waals surface area contributed by atoms with Gasteiger partial charge in [-0.25, -0.2) is 10.5 Å². The van der Waals surface area contributed by atoms with Gasteiger partial charge in [0.2, 0.25) is 0 Å². The van der Waals surface area contributed by atoms with Crippen LogP contribution in [0.5, 0.6) is 11.5 Å². The number of carbonyl (C=O) groups is 6.